The van der Waals surface area contributed by atoms with E-state index in [-0.39, 0.29) is 12.4 Å². The molecule has 4 heteroatoms. The normalized spacial score (nSPS) is 12.1. The van der Waals surface area contributed by atoms with E-state index in [0.717, 1.165) is 13.0 Å². The van der Waals surface area contributed by atoms with E-state index in [1.807, 2.05) is 6.07 Å². The first kappa shape index (κ1) is 19.5. The maximum Gasteiger partial charge on any atom is 0.0843 e. The summed E-state index contributed by atoms with van der Waals surface area (Å²) in [5.74, 6) is 0. The number of nitrogens with one attached hydrogen (secondary N) is 1. The molecule has 3 nitrogen and oxygen atoms in total. The molecule has 0 saturated heterocycles. The molecule has 134 valence electrons. The second-order valence-electron chi connectivity index (χ2n) is 6.43. The molecular weight excluding hydrogens is 332 g/mol. The quantitative estimate of drug-likeness (QED) is 0.603. The highest BCUT2D eigenvalue weighted by atomic mass is 35.5. The van der Waals surface area contributed by atoms with Crippen molar-refractivity contribution in [1.29, 1.82) is 0 Å². The summed E-state index contributed by atoms with van der Waals surface area (Å²) in [5.41, 5.74) is 5.06. The standard InChI is InChI=1S/C21H26N2O.ClH/c1-16-17(2)23(21-11-7-6-10-20(16)21)15-19(24)14-22-13-12-18-8-4-3-5-9-18;/h3-11,19,22,24H,12-15H2,1-2H3;1H/p-1. The molecule has 0 aliphatic carbocycles. The van der Waals surface area contributed by atoms with Crippen molar-refractivity contribution in [1.82, 2.24) is 9.88 Å². The Labute approximate surface area is 156 Å². The number of halogens is 1. The molecule has 3 rings (SSSR count). The largest absolute Gasteiger partial charge is 1.00 e. The number of aromatic nitrogens is 1. The Morgan fingerprint density at radius 3 is 2.44 bits per heavy atom. The van der Waals surface area contributed by atoms with Crippen LogP contribution in [0, 0.1) is 13.8 Å². The van der Waals surface area contributed by atoms with Gasteiger partial charge in [0.15, 0.2) is 0 Å². The first-order valence-corrected chi connectivity index (χ1v) is 8.64. The van der Waals surface area contributed by atoms with Gasteiger partial charge in [-0.15, -0.1) is 0 Å². The Bertz CT molecular complexity index is 798. The number of hydrogen-bond donors (Lipinski definition) is 2. The lowest BCUT2D eigenvalue weighted by Crippen LogP contribution is -3.00. The van der Waals surface area contributed by atoms with Gasteiger partial charge >= 0.3 is 0 Å². The van der Waals surface area contributed by atoms with Gasteiger partial charge in [-0.1, -0.05) is 48.5 Å². The highest BCUT2D eigenvalue weighted by Gasteiger charge is 2.13. The topological polar surface area (TPSA) is 37.2 Å². The van der Waals surface area contributed by atoms with Crippen molar-refractivity contribution in [2.45, 2.75) is 32.9 Å². The minimum absolute atomic E-state index is 0. The fourth-order valence-corrected chi connectivity index (χ4v) is 3.26. The number of aliphatic hydroxyl groups excluding tert-OH is 1. The van der Waals surface area contributed by atoms with E-state index < -0.39 is 6.10 Å². The number of hydrogen-bond acceptors (Lipinski definition) is 2. The Morgan fingerprint density at radius 2 is 1.68 bits per heavy atom. The van der Waals surface area contributed by atoms with Crippen molar-refractivity contribution in [3.63, 3.8) is 0 Å². The number of rotatable bonds is 7. The third kappa shape index (κ3) is 4.63. The van der Waals surface area contributed by atoms with Gasteiger partial charge in [-0.05, 0) is 44.0 Å². The lowest BCUT2D eigenvalue weighted by molar-refractivity contribution is -0.00000702. The zero-order chi connectivity index (χ0) is 16.9. The van der Waals surface area contributed by atoms with Crippen molar-refractivity contribution < 1.29 is 17.5 Å². The van der Waals surface area contributed by atoms with Crippen LogP contribution in [0.2, 0.25) is 0 Å². The van der Waals surface area contributed by atoms with Crippen LogP contribution < -0.4 is 17.7 Å². The average molecular weight is 358 g/mol. The fraction of sp³-hybridized carbons (Fsp3) is 0.333. The van der Waals surface area contributed by atoms with Gasteiger partial charge in [-0.2, -0.15) is 0 Å². The Kier molecular flexibility index (Phi) is 7.06. The van der Waals surface area contributed by atoms with Crippen LogP contribution in [-0.4, -0.2) is 28.9 Å². The van der Waals surface area contributed by atoms with Gasteiger partial charge in [-0.25, -0.2) is 0 Å². The molecule has 0 fully saturated rings. The third-order valence-electron chi connectivity index (χ3n) is 4.75. The maximum atomic E-state index is 10.4. The first-order chi connectivity index (χ1) is 11.7. The van der Waals surface area contributed by atoms with Crippen molar-refractivity contribution in [3.05, 3.63) is 71.4 Å². The van der Waals surface area contributed by atoms with Gasteiger partial charge in [-0.3, -0.25) is 0 Å². The molecule has 0 aliphatic rings. The number of para-hydroxylation sites is 1. The number of nitrogens with zero attached hydrogens (tertiary/aromatic N) is 1. The predicted octanol–water partition coefficient (Wildman–Crippen LogP) is 0.455. The van der Waals surface area contributed by atoms with Crippen molar-refractivity contribution in [3.8, 4) is 0 Å². The molecule has 0 aliphatic heterocycles. The van der Waals surface area contributed by atoms with E-state index in [1.165, 1.54) is 27.7 Å². The van der Waals surface area contributed by atoms with Crippen molar-refractivity contribution in [2.24, 2.45) is 0 Å². The number of aliphatic hydroxyl groups is 1. The van der Waals surface area contributed by atoms with Crippen molar-refractivity contribution >= 4 is 10.9 Å². The molecule has 1 heterocycles. The van der Waals surface area contributed by atoms with Gasteiger partial charge in [0.25, 0.3) is 0 Å². The van der Waals surface area contributed by atoms with Gasteiger partial charge in [0.05, 0.1) is 12.6 Å². The van der Waals surface area contributed by atoms with Crippen LogP contribution in [0.1, 0.15) is 16.8 Å². The molecule has 0 amide bonds. The molecular formula is C21H26ClN2O-. The van der Waals surface area contributed by atoms with E-state index in [4.69, 9.17) is 0 Å². The highest BCUT2D eigenvalue weighted by Crippen LogP contribution is 2.25. The first-order valence-electron chi connectivity index (χ1n) is 8.64. The summed E-state index contributed by atoms with van der Waals surface area (Å²) in [7, 11) is 0. The van der Waals surface area contributed by atoms with Gasteiger partial charge in [0.2, 0.25) is 0 Å². The summed E-state index contributed by atoms with van der Waals surface area (Å²) >= 11 is 0. The smallest absolute Gasteiger partial charge is 0.0843 e. The average Bonchev–Trinajstić information content (AvgIpc) is 2.85. The lowest BCUT2D eigenvalue weighted by Gasteiger charge is -2.15. The molecule has 25 heavy (non-hydrogen) atoms. The molecule has 1 atom stereocenters. The SMILES string of the molecule is Cc1c(C)n(CC(O)CNCCc2ccccc2)c2ccccc12.[Cl-]. The summed E-state index contributed by atoms with van der Waals surface area (Å²) in [6.07, 6.45) is 0.590. The summed E-state index contributed by atoms with van der Waals surface area (Å²) in [5, 5.41) is 15.1. The van der Waals surface area contributed by atoms with Gasteiger partial charge < -0.3 is 27.4 Å². The number of benzene rings is 2. The second-order valence-corrected chi connectivity index (χ2v) is 6.43. The molecule has 0 bridgehead atoms. The summed E-state index contributed by atoms with van der Waals surface area (Å²) in [4.78, 5) is 0. The van der Waals surface area contributed by atoms with E-state index in [2.05, 4.69) is 72.3 Å². The predicted molar refractivity (Wildman–Crippen MR) is 100 cm³/mol. The highest BCUT2D eigenvalue weighted by molar-refractivity contribution is 5.85. The van der Waals surface area contributed by atoms with Crippen LogP contribution in [0.5, 0.6) is 0 Å². The van der Waals surface area contributed by atoms with Crippen LogP contribution in [0.15, 0.2) is 54.6 Å². The van der Waals surface area contributed by atoms with Gasteiger partial charge in [0, 0.05) is 23.1 Å². The lowest BCUT2D eigenvalue weighted by atomic mass is 10.1. The summed E-state index contributed by atoms with van der Waals surface area (Å²) in [6, 6.07) is 18.8. The van der Waals surface area contributed by atoms with E-state index in [0.29, 0.717) is 13.1 Å². The molecule has 0 radical (unpaired) electrons. The second kappa shape index (κ2) is 9.04. The van der Waals surface area contributed by atoms with Gasteiger partial charge in [0.1, 0.15) is 0 Å². The maximum absolute atomic E-state index is 10.4. The fourth-order valence-electron chi connectivity index (χ4n) is 3.26. The number of aryl methyl sites for hydroxylation is 1. The minimum atomic E-state index is -0.394. The van der Waals surface area contributed by atoms with Crippen LogP contribution in [0.3, 0.4) is 0 Å². The van der Waals surface area contributed by atoms with Crippen molar-refractivity contribution in [2.75, 3.05) is 13.1 Å². The summed E-state index contributed by atoms with van der Waals surface area (Å²) in [6.45, 7) is 6.39. The Hall–Kier alpha value is -1.81. The zero-order valence-electron chi connectivity index (χ0n) is 14.9. The summed E-state index contributed by atoms with van der Waals surface area (Å²) < 4.78 is 2.23. The van der Waals surface area contributed by atoms with Crippen LogP contribution >= 0.6 is 0 Å². The molecule has 2 N–H and O–H groups in total. The minimum Gasteiger partial charge on any atom is -1.00 e. The molecule has 3 aromatic rings. The molecule has 1 unspecified atom stereocenters. The zero-order valence-corrected chi connectivity index (χ0v) is 15.6. The molecule has 1 aromatic heterocycles. The molecule has 0 spiro atoms. The Morgan fingerprint density at radius 1 is 1.00 bits per heavy atom. The van der Waals surface area contributed by atoms with E-state index in [9.17, 15) is 5.11 Å². The van der Waals surface area contributed by atoms with Crippen LogP contribution in [0.25, 0.3) is 10.9 Å². The molecule has 0 saturated carbocycles. The monoisotopic (exact) mass is 357 g/mol. The van der Waals surface area contributed by atoms with E-state index >= 15 is 0 Å². The number of fused-ring (bicyclic) bond motifs is 1. The third-order valence-corrected chi connectivity index (χ3v) is 4.75. The van der Waals surface area contributed by atoms with E-state index in [1.54, 1.807) is 0 Å². The van der Waals surface area contributed by atoms with Crippen LogP contribution in [-0.2, 0) is 13.0 Å². The Balaban J connectivity index is 0.00000225. The molecule has 2 aromatic carbocycles. The van der Waals surface area contributed by atoms with Crippen LogP contribution in [0.4, 0.5) is 0 Å².